The van der Waals surface area contributed by atoms with E-state index in [-0.39, 0.29) is 11.3 Å². The molecular weight excluding hydrogens is 410 g/mol. The van der Waals surface area contributed by atoms with Gasteiger partial charge in [-0.3, -0.25) is 9.59 Å². The van der Waals surface area contributed by atoms with Crippen LogP contribution in [0.5, 0.6) is 5.75 Å². The number of thiophene rings is 1. The Labute approximate surface area is 185 Å². The summed E-state index contributed by atoms with van der Waals surface area (Å²) < 4.78 is 5.42. The first-order valence-electron chi connectivity index (χ1n) is 9.93. The minimum Gasteiger partial charge on any atom is -0.507 e. The molecule has 1 aromatic heterocycles. The third kappa shape index (κ3) is 3.75. The highest BCUT2D eigenvalue weighted by molar-refractivity contribution is 7.09. The molecule has 1 saturated heterocycles. The van der Waals surface area contributed by atoms with Gasteiger partial charge in [-0.15, -0.1) is 11.3 Å². The van der Waals surface area contributed by atoms with E-state index in [1.165, 1.54) is 18.4 Å². The average Bonchev–Trinajstić information content (AvgIpc) is 3.36. The summed E-state index contributed by atoms with van der Waals surface area (Å²) >= 11 is 1.52. The van der Waals surface area contributed by atoms with Crippen molar-refractivity contribution in [3.63, 3.8) is 0 Å². The van der Waals surface area contributed by atoms with E-state index in [9.17, 15) is 14.7 Å². The second kappa shape index (κ2) is 8.40. The fourth-order valence-corrected chi connectivity index (χ4v) is 4.69. The average molecular weight is 434 g/mol. The number of amides is 1. The molecule has 0 bridgehead atoms. The second-order valence-corrected chi connectivity index (χ2v) is 8.60. The smallest absolute Gasteiger partial charge is 0.295 e. The monoisotopic (exact) mass is 433 g/mol. The number of Topliss-reactive ketones (excluding diaryl/α,β-unsaturated/α-hetero) is 1. The number of rotatable bonds is 5. The maximum Gasteiger partial charge on any atom is 0.295 e. The van der Waals surface area contributed by atoms with E-state index >= 15 is 0 Å². The van der Waals surface area contributed by atoms with Gasteiger partial charge in [0, 0.05) is 4.88 Å². The Morgan fingerprint density at radius 3 is 2.55 bits per heavy atom. The van der Waals surface area contributed by atoms with Crippen molar-refractivity contribution in [2.24, 2.45) is 0 Å². The summed E-state index contributed by atoms with van der Waals surface area (Å²) in [7, 11) is 1.51. The molecule has 0 spiro atoms. The van der Waals surface area contributed by atoms with Crippen LogP contribution >= 0.6 is 11.3 Å². The normalized spacial score (nSPS) is 17.9. The van der Waals surface area contributed by atoms with Gasteiger partial charge in [-0.25, -0.2) is 0 Å². The molecule has 1 aliphatic rings. The van der Waals surface area contributed by atoms with Crippen molar-refractivity contribution in [1.29, 1.82) is 0 Å². The predicted molar refractivity (Wildman–Crippen MR) is 121 cm³/mol. The van der Waals surface area contributed by atoms with Crippen molar-refractivity contribution in [1.82, 2.24) is 4.90 Å². The van der Waals surface area contributed by atoms with Gasteiger partial charge in [0.25, 0.3) is 11.7 Å². The summed E-state index contributed by atoms with van der Waals surface area (Å²) in [6, 6.07) is 16.2. The Bertz CT molecular complexity index is 1180. The van der Waals surface area contributed by atoms with Gasteiger partial charge < -0.3 is 14.7 Å². The molecule has 1 fully saturated rings. The Kier molecular flexibility index (Phi) is 5.65. The molecular formula is C25H23NO4S. The number of ketones is 1. The zero-order chi connectivity index (χ0) is 22.1. The molecule has 2 heterocycles. The van der Waals surface area contributed by atoms with Gasteiger partial charge in [0.15, 0.2) is 0 Å². The Morgan fingerprint density at radius 2 is 1.87 bits per heavy atom. The number of hydrogen-bond donors (Lipinski definition) is 1. The van der Waals surface area contributed by atoms with Crippen LogP contribution in [-0.4, -0.2) is 28.8 Å². The third-order valence-electron chi connectivity index (χ3n) is 5.54. The summed E-state index contributed by atoms with van der Waals surface area (Å²) in [6.45, 7) is 4.13. The summed E-state index contributed by atoms with van der Waals surface area (Å²) in [5.41, 5.74) is 3.14. The topological polar surface area (TPSA) is 66.8 Å². The highest BCUT2D eigenvalue weighted by atomic mass is 32.1. The molecule has 158 valence electrons. The van der Waals surface area contributed by atoms with E-state index in [2.05, 4.69) is 0 Å². The van der Waals surface area contributed by atoms with Crippen molar-refractivity contribution in [2.75, 3.05) is 7.11 Å². The largest absolute Gasteiger partial charge is 0.507 e. The molecule has 0 radical (unpaired) electrons. The SMILES string of the molecule is COc1ccc(C)cc1/C(O)=C1\C(=O)C(=O)N(Cc2cccs2)C1c1ccccc1C. The highest BCUT2D eigenvalue weighted by Gasteiger charge is 2.46. The number of carbonyl (C=O) groups excluding carboxylic acids is 2. The zero-order valence-corrected chi connectivity index (χ0v) is 18.4. The first kappa shape index (κ1) is 20.9. The second-order valence-electron chi connectivity index (χ2n) is 7.57. The van der Waals surface area contributed by atoms with E-state index in [1.807, 2.05) is 61.7 Å². The van der Waals surface area contributed by atoms with Gasteiger partial charge in [0.1, 0.15) is 11.5 Å². The number of ether oxygens (including phenoxy) is 1. The van der Waals surface area contributed by atoms with Crippen LogP contribution in [0.3, 0.4) is 0 Å². The van der Waals surface area contributed by atoms with Crippen molar-refractivity contribution < 1.29 is 19.4 Å². The number of methoxy groups -OCH3 is 1. The molecule has 1 unspecified atom stereocenters. The molecule has 3 aromatic rings. The molecule has 4 rings (SSSR count). The molecule has 2 aromatic carbocycles. The highest BCUT2D eigenvalue weighted by Crippen LogP contribution is 2.42. The minimum absolute atomic E-state index is 0.0831. The zero-order valence-electron chi connectivity index (χ0n) is 17.6. The molecule has 5 nitrogen and oxygen atoms in total. The van der Waals surface area contributed by atoms with Crippen molar-refractivity contribution >= 4 is 28.8 Å². The van der Waals surface area contributed by atoms with Crippen molar-refractivity contribution in [3.8, 4) is 5.75 Å². The Hall–Kier alpha value is -3.38. The predicted octanol–water partition coefficient (Wildman–Crippen LogP) is 5.00. The number of benzene rings is 2. The fraction of sp³-hybridized carbons (Fsp3) is 0.200. The molecule has 1 N–H and O–H groups in total. The summed E-state index contributed by atoms with van der Waals surface area (Å²) in [6.07, 6.45) is 0. The van der Waals surface area contributed by atoms with Crippen molar-refractivity contribution in [3.05, 3.63) is 92.7 Å². The molecule has 0 saturated carbocycles. The lowest BCUT2D eigenvalue weighted by atomic mass is 9.92. The van der Waals surface area contributed by atoms with Gasteiger partial charge in [-0.05, 0) is 48.6 Å². The fourth-order valence-electron chi connectivity index (χ4n) is 3.98. The number of likely N-dealkylation sites (tertiary alicyclic amines) is 1. The first-order valence-corrected chi connectivity index (χ1v) is 10.8. The molecule has 1 atom stereocenters. The van der Waals surface area contributed by atoms with E-state index in [0.29, 0.717) is 17.9 Å². The number of carbonyl (C=O) groups is 2. The van der Waals surface area contributed by atoms with Crippen LogP contribution in [0.1, 0.15) is 33.2 Å². The van der Waals surface area contributed by atoms with Gasteiger partial charge in [0.05, 0.1) is 30.8 Å². The van der Waals surface area contributed by atoms with Crippen LogP contribution in [-0.2, 0) is 16.1 Å². The summed E-state index contributed by atoms with van der Waals surface area (Å²) in [4.78, 5) is 28.8. The quantitative estimate of drug-likeness (QED) is 0.350. The molecule has 6 heteroatoms. The third-order valence-corrected chi connectivity index (χ3v) is 6.40. The maximum atomic E-state index is 13.2. The van der Waals surface area contributed by atoms with Crippen LogP contribution < -0.4 is 4.74 Å². The first-order chi connectivity index (χ1) is 14.9. The van der Waals surface area contributed by atoms with Crippen LogP contribution in [0.4, 0.5) is 0 Å². The Morgan fingerprint density at radius 1 is 1.10 bits per heavy atom. The number of nitrogens with zero attached hydrogens (tertiary/aromatic N) is 1. The van der Waals surface area contributed by atoms with E-state index < -0.39 is 17.7 Å². The van der Waals surface area contributed by atoms with Crippen LogP contribution in [0, 0.1) is 13.8 Å². The summed E-state index contributed by atoms with van der Waals surface area (Å²) in [5.74, 6) is -1.09. The van der Waals surface area contributed by atoms with Gasteiger partial charge in [-0.1, -0.05) is 42.0 Å². The van der Waals surface area contributed by atoms with E-state index in [0.717, 1.165) is 21.6 Å². The molecule has 0 aliphatic carbocycles. The lowest BCUT2D eigenvalue weighted by molar-refractivity contribution is -0.140. The van der Waals surface area contributed by atoms with Crippen LogP contribution in [0.15, 0.2) is 65.6 Å². The van der Waals surface area contributed by atoms with Gasteiger partial charge >= 0.3 is 0 Å². The molecule has 31 heavy (non-hydrogen) atoms. The summed E-state index contributed by atoms with van der Waals surface area (Å²) in [5, 5.41) is 13.3. The van der Waals surface area contributed by atoms with Gasteiger partial charge in [0.2, 0.25) is 0 Å². The number of aliphatic hydroxyl groups excluding tert-OH is 1. The van der Waals surface area contributed by atoms with Gasteiger partial charge in [-0.2, -0.15) is 0 Å². The molecule has 1 aliphatic heterocycles. The Balaban J connectivity index is 1.94. The van der Waals surface area contributed by atoms with Crippen molar-refractivity contribution in [2.45, 2.75) is 26.4 Å². The molecule has 1 amide bonds. The number of aryl methyl sites for hydroxylation is 2. The minimum atomic E-state index is -0.689. The van der Waals surface area contributed by atoms with Crippen LogP contribution in [0.2, 0.25) is 0 Å². The van der Waals surface area contributed by atoms with E-state index in [1.54, 1.807) is 17.0 Å². The maximum absolute atomic E-state index is 13.2. The lowest BCUT2D eigenvalue weighted by Crippen LogP contribution is -2.29. The standard InChI is InChI=1S/C25H23NO4S/c1-15-10-11-20(30-3)19(13-15)23(27)21-22(18-9-5-4-7-16(18)2)26(25(29)24(21)28)14-17-8-6-12-31-17/h4-13,22,27H,14H2,1-3H3/b23-21+. The lowest BCUT2D eigenvalue weighted by Gasteiger charge is -2.26. The number of aliphatic hydroxyl groups is 1. The number of hydrogen-bond acceptors (Lipinski definition) is 5. The van der Waals surface area contributed by atoms with E-state index in [4.69, 9.17) is 4.74 Å². The van der Waals surface area contributed by atoms with Crippen LogP contribution in [0.25, 0.3) is 5.76 Å².